The predicted octanol–water partition coefficient (Wildman–Crippen LogP) is 2.58. The van der Waals surface area contributed by atoms with E-state index in [1.165, 1.54) is 6.92 Å². The van der Waals surface area contributed by atoms with Gasteiger partial charge in [-0.3, -0.25) is 4.79 Å². The van der Waals surface area contributed by atoms with Crippen molar-refractivity contribution in [1.82, 2.24) is 4.98 Å². The van der Waals surface area contributed by atoms with E-state index in [0.29, 0.717) is 11.7 Å². The lowest BCUT2D eigenvalue weighted by molar-refractivity contribution is -0.132. The molecule has 0 aliphatic carbocycles. The summed E-state index contributed by atoms with van der Waals surface area (Å²) in [7, 11) is 0. The van der Waals surface area contributed by atoms with Gasteiger partial charge in [-0.15, -0.1) is 0 Å². The number of aromatic nitrogens is 1. The molecule has 16 heavy (non-hydrogen) atoms. The van der Waals surface area contributed by atoms with Gasteiger partial charge in [-0.1, -0.05) is 30.3 Å². The number of rotatable bonds is 2. The summed E-state index contributed by atoms with van der Waals surface area (Å²) in [5.41, 5.74) is 0.833. The standard InChI is InChI=1S/C12H11NO3/c1-8-13-12(16-9(2)14)11(15-8)10-6-4-3-5-7-10/h3-7H,1-2H3. The Morgan fingerprint density at radius 3 is 2.62 bits per heavy atom. The van der Waals surface area contributed by atoms with Crippen LogP contribution in [0.5, 0.6) is 5.88 Å². The highest BCUT2D eigenvalue weighted by molar-refractivity contribution is 5.72. The van der Waals surface area contributed by atoms with Gasteiger partial charge in [-0.05, 0) is 0 Å². The first-order valence-electron chi connectivity index (χ1n) is 4.88. The van der Waals surface area contributed by atoms with Crippen molar-refractivity contribution in [3.05, 3.63) is 36.2 Å². The highest BCUT2D eigenvalue weighted by Crippen LogP contribution is 2.30. The number of hydrogen-bond donors (Lipinski definition) is 0. The molecule has 2 aromatic rings. The van der Waals surface area contributed by atoms with E-state index < -0.39 is 5.97 Å². The molecule has 0 aliphatic rings. The number of oxazole rings is 1. The molecule has 0 fully saturated rings. The van der Waals surface area contributed by atoms with Crippen molar-refractivity contribution in [1.29, 1.82) is 0 Å². The summed E-state index contributed by atoms with van der Waals surface area (Å²) in [6.07, 6.45) is 0. The summed E-state index contributed by atoms with van der Waals surface area (Å²) in [6.45, 7) is 3.04. The van der Waals surface area contributed by atoms with E-state index in [2.05, 4.69) is 4.98 Å². The molecule has 82 valence electrons. The second kappa shape index (κ2) is 4.18. The highest BCUT2D eigenvalue weighted by atomic mass is 16.6. The SMILES string of the molecule is CC(=O)Oc1nc(C)oc1-c1ccccc1. The van der Waals surface area contributed by atoms with Crippen molar-refractivity contribution in [2.45, 2.75) is 13.8 Å². The Hall–Kier alpha value is -2.10. The van der Waals surface area contributed by atoms with Crippen LogP contribution < -0.4 is 4.74 Å². The van der Waals surface area contributed by atoms with Gasteiger partial charge in [0.25, 0.3) is 5.88 Å². The molecule has 0 saturated carbocycles. The maximum atomic E-state index is 10.9. The molecule has 1 aromatic carbocycles. The van der Waals surface area contributed by atoms with Gasteiger partial charge >= 0.3 is 5.97 Å². The Labute approximate surface area is 92.9 Å². The van der Waals surface area contributed by atoms with Gasteiger partial charge < -0.3 is 9.15 Å². The monoisotopic (exact) mass is 217 g/mol. The second-order valence-corrected chi connectivity index (χ2v) is 3.33. The molecule has 0 N–H and O–H groups in total. The van der Waals surface area contributed by atoms with Gasteiger partial charge in [0.15, 0.2) is 11.7 Å². The van der Waals surface area contributed by atoms with Gasteiger partial charge in [0.1, 0.15) is 0 Å². The number of carbonyl (C=O) groups excluding carboxylic acids is 1. The molecule has 0 unspecified atom stereocenters. The predicted molar refractivity (Wildman–Crippen MR) is 58.0 cm³/mol. The third kappa shape index (κ3) is 2.11. The van der Waals surface area contributed by atoms with Crippen molar-refractivity contribution >= 4 is 5.97 Å². The number of esters is 1. The van der Waals surface area contributed by atoms with Crippen LogP contribution in [-0.2, 0) is 4.79 Å². The van der Waals surface area contributed by atoms with Crippen molar-refractivity contribution in [3.63, 3.8) is 0 Å². The van der Waals surface area contributed by atoms with Crippen LogP contribution in [0, 0.1) is 6.92 Å². The number of ether oxygens (including phenoxy) is 1. The molecular formula is C12H11NO3. The number of nitrogens with zero attached hydrogens (tertiary/aromatic N) is 1. The van der Waals surface area contributed by atoms with E-state index in [4.69, 9.17) is 9.15 Å². The average molecular weight is 217 g/mol. The van der Waals surface area contributed by atoms with Crippen molar-refractivity contribution in [2.24, 2.45) is 0 Å². The lowest BCUT2D eigenvalue weighted by atomic mass is 10.2. The van der Waals surface area contributed by atoms with Crippen LogP contribution in [0.15, 0.2) is 34.7 Å². The molecular weight excluding hydrogens is 206 g/mol. The van der Waals surface area contributed by atoms with Crippen molar-refractivity contribution in [2.75, 3.05) is 0 Å². The summed E-state index contributed by atoms with van der Waals surface area (Å²) >= 11 is 0. The molecule has 1 aromatic heterocycles. The van der Waals surface area contributed by atoms with E-state index in [0.717, 1.165) is 5.56 Å². The normalized spacial score (nSPS) is 10.1. The number of aryl methyl sites for hydroxylation is 1. The largest absolute Gasteiger partial charge is 0.437 e. The fraction of sp³-hybridized carbons (Fsp3) is 0.167. The van der Waals surface area contributed by atoms with Gasteiger partial charge in [0.05, 0.1) is 0 Å². The minimum absolute atomic E-state index is 0.219. The van der Waals surface area contributed by atoms with Crippen LogP contribution in [0.2, 0.25) is 0 Å². The van der Waals surface area contributed by atoms with Gasteiger partial charge in [0.2, 0.25) is 0 Å². The molecule has 4 nitrogen and oxygen atoms in total. The Kier molecular flexibility index (Phi) is 2.72. The van der Waals surface area contributed by atoms with E-state index >= 15 is 0 Å². The maximum absolute atomic E-state index is 10.9. The molecule has 0 bridgehead atoms. The molecule has 0 aliphatic heterocycles. The summed E-state index contributed by atoms with van der Waals surface area (Å²) in [5, 5.41) is 0. The van der Waals surface area contributed by atoms with Crippen molar-refractivity contribution < 1.29 is 13.9 Å². The fourth-order valence-electron chi connectivity index (χ4n) is 1.39. The first-order valence-corrected chi connectivity index (χ1v) is 4.88. The van der Waals surface area contributed by atoms with E-state index in [-0.39, 0.29) is 5.88 Å². The molecule has 4 heteroatoms. The first-order chi connectivity index (χ1) is 7.66. The minimum atomic E-state index is -0.412. The molecule has 0 amide bonds. The highest BCUT2D eigenvalue weighted by Gasteiger charge is 2.15. The Bertz CT molecular complexity index is 502. The van der Waals surface area contributed by atoms with E-state index in [1.807, 2.05) is 30.3 Å². The minimum Gasteiger partial charge on any atom is -0.437 e. The van der Waals surface area contributed by atoms with E-state index in [9.17, 15) is 4.79 Å². The lowest BCUT2D eigenvalue weighted by Gasteiger charge is -1.99. The molecule has 0 spiro atoms. The van der Waals surface area contributed by atoms with Crippen LogP contribution >= 0.6 is 0 Å². The van der Waals surface area contributed by atoms with Crippen LogP contribution in [0.25, 0.3) is 11.3 Å². The molecule has 2 rings (SSSR count). The Balaban J connectivity index is 2.44. The molecule has 0 saturated heterocycles. The molecule has 0 atom stereocenters. The van der Waals surface area contributed by atoms with Crippen LogP contribution in [0.4, 0.5) is 0 Å². The van der Waals surface area contributed by atoms with Crippen molar-refractivity contribution in [3.8, 4) is 17.2 Å². The fourth-order valence-corrected chi connectivity index (χ4v) is 1.39. The topological polar surface area (TPSA) is 52.3 Å². The van der Waals surface area contributed by atoms with Crippen LogP contribution in [-0.4, -0.2) is 11.0 Å². The second-order valence-electron chi connectivity index (χ2n) is 3.33. The van der Waals surface area contributed by atoms with Gasteiger partial charge in [-0.25, -0.2) is 0 Å². The zero-order chi connectivity index (χ0) is 11.5. The smallest absolute Gasteiger partial charge is 0.309 e. The van der Waals surface area contributed by atoms with Crippen LogP contribution in [0.1, 0.15) is 12.8 Å². The lowest BCUT2D eigenvalue weighted by Crippen LogP contribution is -2.02. The zero-order valence-corrected chi connectivity index (χ0v) is 9.06. The van der Waals surface area contributed by atoms with Gasteiger partial charge in [0, 0.05) is 19.4 Å². The average Bonchev–Trinajstić information content (AvgIpc) is 2.60. The Morgan fingerprint density at radius 1 is 1.31 bits per heavy atom. The Morgan fingerprint density at radius 2 is 2.00 bits per heavy atom. The summed E-state index contributed by atoms with van der Waals surface area (Å²) in [5.74, 6) is 0.755. The third-order valence-corrected chi connectivity index (χ3v) is 1.98. The molecule has 0 radical (unpaired) electrons. The summed E-state index contributed by atoms with van der Waals surface area (Å²) < 4.78 is 10.4. The zero-order valence-electron chi connectivity index (χ0n) is 9.06. The quantitative estimate of drug-likeness (QED) is 0.725. The molecule has 1 heterocycles. The summed E-state index contributed by atoms with van der Waals surface area (Å²) in [6, 6.07) is 9.40. The first kappa shape index (κ1) is 10.4. The maximum Gasteiger partial charge on any atom is 0.309 e. The summed E-state index contributed by atoms with van der Waals surface area (Å²) in [4.78, 5) is 14.9. The van der Waals surface area contributed by atoms with E-state index in [1.54, 1.807) is 6.92 Å². The van der Waals surface area contributed by atoms with Gasteiger partial charge in [-0.2, -0.15) is 4.98 Å². The number of benzene rings is 1. The van der Waals surface area contributed by atoms with Crippen LogP contribution in [0.3, 0.4) is 0 Å². The third-order valence-electron chi connectivity index (χ3n) is 1.98. The number of carbonyl (C=O) groups is 1. The number of hydrogen-bond acceptors (Lipinski definition) is 4.